The minimum Gasteiger partial charge on any atom is -0.497 e. The van der Waals surface area contributed by atoms with Crippen LogP contribution in [0.5, 0.6) is 11.5 Å². The number of nitrogens with one attached hydrogen (secondary N) is 1. The molecule has 1 saturated heterocycles. The van der Waals surface area contributed by atoms with Crippen molar-refractivity contribution in [3.05, 3.63) is 24.3 Å². The summed E-state index contributed by atoms with van der Waals surface area (Å²) >= 11 is 0. The molecule has 1 aliphatic heterocycles. The van der Waals surface area contributed by atoms with Crippen molar-refractivity contribution >= 4 is 5.91 Å². The Bertz CT molecular complexity index is 475. The monoisotopic (exact) mass is 295 g/mol. The van der Waals surface area contributed by atoms with Gasteiger partial charge in [-0.3, -0.25) is 4.79 Å². The number of hydrogen-bond donors (Lipinski definition) is 2. The van der Waals surface area contributed by atoms with Crippen LogP contribution in [0.15, 0.2) is 24.3 Å². The van der Waals surface area contributed by atoms with Gasteiger partial charge in [0.2, 0.25) is 0 Å². The molecule has 1 heterocycles. The lowest BCUT2D eigenvalue weighted by molar-refractivity contribution is -0.124. The average molecular weight is 295 g/mol. The highest BCUT2D eigenvalue weighted by molar-refractivity contribution is 5.77. The molecular formula is C15H21NO5. The van der Waals surface area contributed by atoms with E-state index in [1.165, 1.54) is 0 Å². The van der Waals surface area contributed by atoms with Crippen LogP contribution in [0.2, 0.25) is 0 Å². The minimum absolute atomic E-state index is 0.0996. The molecule has 6 nitrogen and oxygen atoms in total. The summed E-state index contributed by atoms with van der Waals surface area (Å²) < 4.78 is 15.7. The van der Waals surface area contributed by atoms with Crippen molar-refractivity contribution in [1.82, 2.24) is 5.32 Å². The van der Waals surface area contributed by atoms with Crippen LogP contribution in [0.4, 0.5) is 0 Å². The zero-order chi connectivity index (χ0) is 15.3. The van der Waals surface area contributed by atoms with Gasteiger partial charge in [0.1, 0.15) is 17.1 Å². The molecule has 0 aliphatic carbocycles. The molecule has 6 heteroatoms. The number of carbonyl (C=O) groups excluding carboxylic acids is 1. The molecule has 2 N–H and O–H groups in total. The average Bonchev–Trinajstić information content (AvgIpc) is 2.83. The maximum atomic E-state index is 11.7. The molecule has 1 aliphatic rings. The van der Waals surface area contributed by atoms with Gasteiger partial charge >= 0.3 is 0 Å². The van der Waals surface area contributed by atoms with Crippen molar-refractivity contribution in [2.45, 2.75) is 25.0 Å². The summed E-state index contributed by atoms with van der Waals surface area (Å²) in [6.45, 7) is 2.37. The lowest BCUT2D eigenvalue weighted by Gasteiger charge is -2.26. The minimum atomic E-state index is -0.990. The van der Waals surface area contributed by atoms with Gasteiger partial charge in [0.25, 0.3) is 5.91 Å². The second-order valence-electron chi connectivity index (χ2n) is 5.11. The first-order chi connectivity index (χ1) is 10.0. The standard InChI is InChI=1S/C15H21NO5/c1-11-15(18,7-8-20-11)10-16-14(17)9-21-13-5-3-12(19-2)4-6-13/h3-6,11,18H,7-10H2,1-2H3,(H,16,17). The second-order valence-corrected chi connectivity index (χ2v) is 5.11. The SMILES string of the molecule is COc1ccc(OCC(=O)NCC2(O)CCOC2C)cc1. The molecule has 2 atom stereocenters. The van der Waals surface area contributed by atoms with E-state index < -0.39 is 5.60 Å². The normalized spacial score (nSPS) is 24.6. The Labute approximate surface area is 124 Å². The topological polar surface area (TPSA) is 77.0 Å². The molecule has 0 spiro atoms. The molecule has 0 aromatic heterocycles. The fraction of sp³-hybridized carbons (Fsp3) is 0.533. The van der Waals surface area contributed by atoms with Crippen LogP contribution in [0.3, 0.4) is 0 Å². The number of methoxy groups -OCH3 is 1. The van der Waals surface area contributed by atoms with E-state index in [1.54, 1.807) is 38.3 Å². The van der Waals surface area contributed by atoms with Gasteiger partial charge in [-0.05, 0) is 31.2 Å². The molecule has 21 heavy (non-hydrogen) atoms. The highest BCUT2D eigenvalue weighted by Gasteiger charge is 2.39. The van der Waals surface area contributed by atoms with Gasteiger partial charge in [0, 0.05) is 19.6 Å². The Morgan fingerprint density at radius 2 is 2.10 bits per heavy atom. The number of amides is 1. The number of carbonyl (C=O) groups is 1. The smallest absolute Gasteiger partial charge is 0.258 e. The van der Waals surface area contributed by atoms with E-state index in [1.807, 2.05) is 0 Å². The Hall–Kier alpha value is -1.79. The van der Waals surface area contributed by atoms with Crippen LogP contribution in [0, 0.1) is 0 Å². The van der Waals surface area contributed by atoms with Crippen molar-refractivity contribution in [2.75, 3.05) is 26.9 Å². The third-order valence-corrected chi connectivity index (χ3v) is 3.68. The molecule has 2 unspecified atom stereocenters. The molecule has 0 bridgehead atoms. The van der Waals surface area contributed by atoms with E-state index in [9.17, 15) is 9.90 Å². The highest BCUT2D eigenvalue weighted by Crippen LogP contribution is 2.24. The van der Waals surface area contributed by atoms with Crippen LogP contribution < -0.4 is 14.8 Å². The van der Waals surface area contributed by atoms with E-state index in [0.29, 0.717) is 18.8 Å². The summed E-state index contributed by atoms with van der Waals surface area (Å²) in [5.74, 6) is 1.03. The van der Waals surface area contributed by atoms with Crippen molar-refractivity contribution in [3.63, 3.8) is 0 Å². The fourth-order valence-corrected chi connectivity index (χ4v) is 2.13. The Morgan fingerprint density at radius 3 is 2.67 bits per heavy atom. The first-order valence-electron chi connectivity index (χ1n) is 6.91. The van der Waals surface area contributed by atoms with Gasteiger partial charge in [-0.2, -0.15) is 0 Å². The molecular weight excluding hydrogens is 274 g/mol. The quantitative estimate of drug-likeness (QED) is 0.809. The van der Waals surface area contributed by atoms with E-state index >= 15 is 0 Å². The number of aliphatic hydroxyl groups is 1. The van der Waals surface area contributed by atoms with Crippen molar-refractivity contribution in [2.24, 2.45) is 0 Å². The van der Waals surface area contributed by atoms with Gasteiger partial charge in [-0.25, -0.2) is 0 Å². The van der Waals surface area contributed by atoms with Gasteiger partial charge < -0.3 is 24.6 Å². The number of ether oxygens (including phenoxy) is 3. The van der Waals surface area contributed by atoms with E-state index in [2.05, 4.69) is 5.32 Å². The molecule has 1 fully saturated rings. The van der Waals surface area contributed by atoms with Crippen LogP contribution in [0.1, 0.15) is 13.3 Å². The first kappa shape index (κ1) is 15.6. The molecule has 1 aromatic rings. The fourth-order valence-electron chi connectivity index (χ4n) is 2.13. The number of rotatable bonds is 6. The number of benzene rings is 1. The van der Waals surface area contributed by atoms with Crippen LogP contribution in [-0.2, 0) is 9.53 Å². The van der Waals surface area contributed by atoms with E-state index in [-0.39, 0.29) is 25.2 Å². The zero-order valence-corrected chi connectivity index (χ0v) is 12.3. The lowest BCUT2D eigenvalue weighted by Crippen LogP contribution is -2.48. The molecule has 1 amide bonds. The predicted molar refractivity (Wildman–Crippen MR) is 76.5 cm³/mol. The van der Waals surface area contributed by atoms with Crippen LogP contribution in [-0.4, -0.2) is 49.6 Å². The summed E-state index contributed by atoms with van der Waals surface area (Å²) in [5, 5.41) is 12.9. The molecule has 1 aromatic carbocycles. The summed E-state index contributed by atoms with van der Waals surface area (Å²) in [6.07, 6.45) is 0.244. The van der Waals surface area contributed by atoms with Crippen molar-refractivity contribution < 1.29 is 24.1 Å². The molecule has 2 rings (SSSR count). The lowest BCUT2D eigenvalue weighted by atomic mass is 9.97. The molecule has 0 saturated carbocycles. The van der Waals surface area contributed by atoms with Crippen molar-refractivity contribution in [3.8, 4) is 11.5 Å². The second kappa shape index (κ2) is 6.78. The zero-order valence-electron chi connectivity index (χ0n) is 12.3. The van der Waals surface area contributed by atoms with E-state index in [4.69, 9.17) is 14.2 Å². The van der Waals surface area contributed by atoms with Crippen LogP contribution >= 0.6 is 0 Å². The summed E-state index contributed by atoms with van der Waals surface area (Å²) in [4.78, 5) is 11.7. The largest absolute Gasteiger partial charge is 0.497 e. The summed E-state index contributed by atoms with van der Waals surface area (Å²) in [6, 6.07) is 6.97. The third-order valence-electron chi connectivity index (χ3n) is 3.68. The predicted octanol–water partition coefficient (Wildman–Crippen LogP) is 0.730. The van der Waals surface area contributed by atoms with Gasteiger partial charge in [-0.1, -0.05) is 0 Å². The van der Waals surface area contributed by atoms with E-state index in [0.717, 1.165) is 5.75 Å². The van der Waals surface area contributed by atoms with Gasteiger partial charge in [0.05, 0.1) is 13.2 Å². The van der Waals surface area contributed by atoms with Gasteiger partial charge in [0.15, 0.2) is 6.61 Å². The highest BCUT2D eigenvalue weighted by atomic mass is 16.5. The van der Waals surface area contributed by atoms with Crippen molar-refractivity contribution in [1.29, 1.82) is 0 Å². The molecule has 116 valence electrons. The Balaban J connectivity index is 1.74. The Morgan fingerprint density at radius 1 is 1.43 bits per heavy atom. The summed E-state index contributed by atoms with van der Waals surface area (Å²) in [5.41, 5.74) is -0.990. The third kappa shape index (κ3) is 4.09. The maximum Gasteiger partial charge on any atom is 0.258 e. The molecule has 0 radical (unpaired) electrons. The first-order valence-corrected chi connectivity index (χ1v) is 6.91. The Kier molecular flexibility index (Phi) is 5.03. The van der Waals surface area contributed by atoms with Crippen LogP contribution in [0.25, 0.3) is 0 Å². The van der Waals surface area contributed by atoms with Gasteiger partial charge in [-0.15, -0.1) is 0 Å². The number of hydrogen-bond acceptors (Lipinski definition) is 5. The summed E-state index contributed by atoms with van der Waals surface area (Å²) in [7, 11) is 1.59. The maximum absolute atomic E-state index is 11.7.